The minimum absolute atomic E-state index is 0.477. The number of aryl methyl sites for hydroxylation is 1. The smallest absolute Gasteiger partial charge is 0.0440 e. The van der Waals surface area contributed by atoms with Crippen LogP contribution in [0.25, 0.3) is 0 Å². The summed E-state index contributed by atoms with van der Waals surface area (Å²) in [6.45, 7) is 3.33. The molecule has 1 nitrogen and oxygen atoms in total. The van der Waals surface area contributed by atoms with Crippen LogP contribution in [0.5, 0.6) is 0 Å². The van der Waals surface area contributed by atoms with E-state index in [1.807, 2.05) is 0 Å². The highest BCUT2D eigenvalue weighted by atomic mass is 35.5. The van der Waals surface area contributed by atoms with Crippen LogP contribution in [0.15, 0.2) is 18.2 Å². The highest BCUT2D eigenvalue weighted by Gasteiger charge is 2.50. The van der Waals surface area contributed by atoms with Crippen LogP contribution in [0.1, 0.15) is 49.7 Å². The van der Waals surface area contributed by atoms with Crippen molar-refractivity contribution >= 4 is 11.6 Å². The average molecular weight is 304 g/mol. The average Bonchev–Trinajstić information content (AvgIpc) is 3.09. The lowest BCUT2D eigenvalue weighted by atomic mass is 9.69. The molecule has 0 aromatic heterocycles. The van der Waals surface area contributed by atoms with E-state index in [9.17, 15) is 0 Å². The lowest BCUT2D eigenvalue weighted by molar-refractivity contribution is 0.155. The van der Waals surface area contributed by atoms with Crippen molar-refractivity contribution in [3.8, 4) is 0 Å². The Morgan fingerprint density at radius 3 is 2.71 bits per heavy atom. The summed E-state index contributed by atoms with van der Waals surface area (Å²) < 4.78 is 0. The molecule has 0 spiro atoms. The van der Waals surface area contributed by atoms with Crippen LogP contribution in [-0.4, -0.2) is 12.6 Å². The molecule has 1 aromatic rings. The molecule has 0 aliphatic heterocycles. The van der Waals surface area contributed by atoms with Gasteiger partial charge in [0, 0.05) is 17.6 Å². The molecule has 1 N–H and O–H groups in total. The van der Waals surface area contributed by atoms with Crippen molar-refractivity contribution in [2.24, 2.45) is 17.3 Å². The van der Waals surface area contributed by atoms with Crippen LogP contribution in [0.3, 0.4) is 0 Å². The Balaban J connectivity index is 1.57. The van der Waals surface area contributed by atoms with Crippen LogP contribution in [-0.2, 0) is 6.42 Å². The second kappa shape index (κ2) is 5.28. The molecule has 3 unspecified atom stereocenters. The SMILES string of the molecule is Cc1ccc(CC2(CNC3CC3)CC3CCC2C3)c(Cl)c1. The minimum Gasteiger partial charge on any atom is -0.313 e. The molecule has 0 heterocycles. The summed E-state index contributed by atoms with van der Waals surface area (Å²) in [5, 5.41) is 4.81. The first-order valence-electron chi connectivity index (χ1n) is 8.63. The third kappa shape index (κ3) is 2.75. The van der Waals surface area contributed by atoms with Crippen LogP contribution in [0.4, 0.5) is 0 Å². The molecule has 0 amide bonds. The van der Waals surface area contributed by atoms with Crippen molar-refractivity contribution < 1.29 is 0 Å². The van der Waals surface area contributed by atoms with Gasteiger partial charge in [-0.1, -0.05) is 30.2 Å². The third-order valence-electron chi connectivity index (χ3n) is 6.17. The van der Waals surface area contributed by atoms with Gasteiger partial charge in [0.25, 0.3) is 0 Å². The predicted octanol–water partition coefficient (Wildman–Crippen LogP) is 4.75. The number of fused-ring (bicyclic) bond motifs is 2. The maximum absolute atomic E-state index is 6.53. The van der Waals surface area contributed by atoms with Crippen molar-refractivity contribution in [1.82, 2.24) is 5.32 Å². The van der Waals surface area contributed by atoms with Gasteiger partial charge in [0.1, 0.15) is 0 Å². The standard InChI is InChI=1S/C19H26ClN/c1-13-2-4-15(18(20)8-13)11-19(12-21-17-6-7-17)10-14-3-5-16(19)9-14/h2,4,8,14,16-17,21H,3,5-7,9-12H2,1H3. The molecule has 4 rings (SSSR count). The number of halogens is 1. The van der Waals surface area contributed by atoms with Gasteiger partial charge in [-0.3, -0.25) is 0 Å². The fraction of sp³-hybridized carbons (Fsp3) is 0.684. The van der Waals surface area contributed by atoms with E-state index in [0.29, 0.717) is 5.41 Å². The first kappa shape index (κ1) is 14.1. The highest BCUT2D eigenvalue weighted by molar-refractivity contribution is 6.31. The van der Waals surface area contributed by atoms with E-state index >= 15 is 0 Å². The molecule has 2 bridgehead atoms. The molecule has 114 valence electrons. The molecule has 1 aromatic carbocycles. The number of hydrogen-bond acceptors (Lipinski definition) is 1. The van der Waals surface area contributed by atoms with Crippen molar-refractivity contribution in [2.45, 2.75) is 57.9 Å². The Morgan fingerprint density at radius 2 is 2.10 bits per heavy atom. The summed E-state index contributed by atoms with van der Waals surface area (Å²) in [7, 11) is 0. The third-order valence-corrected chi connectivity index (χ3v) is 6.53. The Bertz CT molecular complexity index is 536. The van der Waals surface area contributed by atoms with E-state index in [1.165, 1.54) is 62.6 Å². The first-order chi connectivity index (χ1) is 10.1. The van der Waals surface area contributed by atoms with Crippen LogP contribution in [0.2, 0.25) is 5.02 Å². The van der Waals surface area contributed by atoms with Gasteiger partial charge in [-0.05, 0) is 79.9 Å². The van der Waals surface area contributed by atoms with Gasteiger partial charge < -0.3 is 5.32 Å². The zero-order valence-corrected chi connectivity index (χ0v) is 13.8. The van der Waals surface area contributed by atoms with Crippen molar-refractivity contribution in [3.05, 3.63) is 34.3 Å². The number of benzene rings is 1. The number of hydrogen-bond donors (Lipinski definition) is 1. The van der Waals surface area contributed by atoms with Gasteiger partial charge in [-0.25, -0.2) is 0 Å². The van der Waals surface area contributed by atoms with Gasteiger partial charge in [-0.15, -0.1) is 0 Å². The van der Waals surface area contributed by atoms with Crippen LogP contribution < -0.4 is 5.32 Å². The maximum atomic E-state index is 6.53. The molecule has 3 aliphatic carbocycles. The molecule has 3 atom stereocenters. The van der Waals surface area contributed by atoms with Crippen LogP contribution >= 0.6 is 11.6 Å². The molecule has 21 heavy (non-hydrogen) atoms. The highest BCUT2D eigenvalue weighted by Crippen LogP contribution is 2.57. The topological polar surface area (TPSA) is 12.0 Å². The quantitative estimate of drug-likeness (QED) is 0.828. The predicted molar refractivity (Wildman–Crippen MR) is 88.8 cm³/mol. The molecule has 0 radical (unpaired) electrons. The molecule has 3 fully saturated rings. The molecule has 0 saturated heterocycles. The molecule has 3 aliphatic rings. The Hall–Kier alpha value is -0.530. The van der Waals surface area contributed by atoms with Crippen molar-refractivity contribution in [2.75, 3.05) is 6.54 Å². The van der Waals surface area contributed by atoms with E-state index < -0.39 is 0 Å². The number of rotatable bonds is 5. The molecule has 2 heteroatoms. The summed E-state index contributed by atoms with van der Waals surface area (Å²) in [6, 6.07) is 7.43. The van der Waals surface area contributed by atoms with E-state index in [4.69, 9.17) is 11.6 Å². The summed E-state index contributed by atoms with van der Waals surface area (Å²) in [5.41, 5.74) is 3.11. The van der Waals surface area contributed by atoms with E-state index in [-0.39, 0.29) is 0 Å². The Morgan fingerprint density at radius 1 is 1.24 bits per heavy atom. The monoisotopic (exact) mass is 303 g/mol. The van der Waals surface area contributed by atoms with Crippen molar-refractivity contribution in [1.29, 1.82) is 0 Å². The normalized spacial score (nSPS) is 34.6. The fourth-order valence-electron chi connectivity index (χ4n) is 4.86. The minimum atomic E-state index is 0.477. The summed E-state index contributed by atoms with van der Waals surface area (Å²) in [5.74, 6) is 1.91. The van der Waals surface area contributed by atoms with E-state index in [0.717, 1.165) is 22.9 Å². The lowest BCUT2D eigenvalue weighted by Gasteiger charge is -2.39. The second-order valence-electron chi connectivity index (χ2n) is 7.87. The van der Waals surface area contributed by atoms with Gasteiger partial charge >= 0.3 is 0 Å². The Kier molecular flexibility index (Phi) is 3.54. The van der Waals surface area contributed by atoms with Crippen LogP contribution in [0, 0.1) is 24.2 Å². The molecular weight excluding hydrogens is 278 g/mol. The lowest BCUT2D eigenvalue weighted by Crippen LogP contribution is -2.41. The molecular formula is C19H26ClN. The van der Waals surface area contributed by atoms with Gasteiger partial charge in [-0.2, -0.15) is 0 Å². The second-order valence-corrected chi connectivity index (χ2v) is 8.28. The summed E-state index contributed by atoms with van der Waals surface area (Å²) in [4.78, 5) is 0. The zero-order chi connectivity index (χ0) is 14.4. The Labute approximate surface area is 133 Å². The van der Waals surface area contributed by atoms with Gasteiger partial charge in [0.05, 0.1) is 0 Å². The van der Waals surface area contributed by atoms with Crippen molar-refractivity contribution in [3.63, 3.8) is 0 Å². The molecule has 3 saturated carbocycles. The van der Waals surface area contributed by atoms with Gasteiger partial charge in [0.2, 0.25) is 0 Å². The van der Waals surface area contributed by atoms with Gasteiger partial charge in [0.15, 0.2) is 0 Å². The van der Waals surface area contributed by atoms with E-state index in [2.05, 4.69) is 30.4 Å². The largest absolute Gasteiger partial charge is 0.313 e. The summed E-state index contributed by atoms with van der Waals surface area (Å²) in [6.07, 6.45) is 9.74. The number of nitrogens with one attached hydrogen (secondary N) is 1. The first-order valence-corrected chi connectivity index (χ1v) is 9.01. The zero-order valence-electron chi connectivity index (χ0n) is 13.0. The summed E-state index contributed by atoms with van der Waals surface area (Å²) >= 11 is 6.53. The van der Waals surface area contributed by atoms with E-state index in [1.54, 1.807) is 0 Å². The fourth-order valence-corrected chi connectivity index (χ4v) is 5.17. The maximum Gasteiger partial charge on any atom is 0.0440 e.